The minimum absolute atomic E-state index is 0.0283. The molecule has 2 aliphatic rings. The molecular weight excluding hydrogens is 430 g/mol. The number of benzene rings is 2. The second-order valence-corrected chi connectivity index (χ2v) is 11.1. The Kier molecular flexibility index (Phi) is 7.20. The molecule has 0 spiro atoms. The first-order valence-corrected chi connectivity index (χ1v) is 13.6. The van der Waals surface area contributed by atoms with Gasteiger partial charge in [-0.15, -0.1) is 6.58 Å². The van der Waals surface area contributed by atoms with Gasteiger partial charge in [0.25, 0.3) is 10.0 Å². The van der Waals surface area contributed by atoms with Crippen LogP contribution in [0.2, 0.25) is 0 Å². The highest BCUT2D eigenvalue weighted by atomic mass is 32.2. The van der Waals surface area contributed by atoms with Crippen molar-refractivity contribution >= 4 is 15.7 Å². The summed E-state index contributed by atoms with van der Waals surface area (Å²) in [6.45, 7) is 8.70. The van der Waals surface area contributed by atoms with E-state index < -0.39 is 15.4 Å². The molecule has 1 aliphatic carbocycles. The molecule has 33 heavy (non-hydrogen) atoms. The Hall–Kier alpha value is -2.24. The minimum Gasteiger partial charge on any atom is -0.377 e. The molecular formula is C28H35NO3S. The van der Waals surface area contributed by atoms with E-state index in [0.717, 1.165) is 30.5 Å². The van der Waals surface area contributed by atoms with E-state index in [1.165, 1.54) is 18.4 Å². The first-order chi connectivity index (χ1) is 15.9. The van der Waals surface area contributed by atoms with Crippen molar-refractivity contribution in [1.29, 1.82) is 0 Å². The maximum atomic E-state index is 13.3. The number of unbranched alkanes of at least 4 members (excludes halogenated alkanes) is 3. The van der Waals surface area contributed by atoms with Crippen molar-refractivity contribution in [3.8, 4) is 0 Å². The van der Waals surface area contributed by atoms with Crippen molar-refractivity contribution in [3.63, 3.8) is 0 Å². The van der Waals surface area contributed by atoms with E-state index in [-0.39, 0.29) is 22.8 Å². The molecule has 4 atom stereocenters. The molecule has 1 aliphatic heterocycles. The Morgan fingerprint density at radius 1 is 1.09 bits per heavy atom. The Bertz CT molecular complexity index is 1090. The van der Waals surface area contributed by atoms with Gasteiger partial charge in [-0.05, 0) is 37.5 Å². The quantitative estimate of drug-likeness (QED) is 0.298. The number of rotatable bonds is 10. The van der Waals surface area contributed by atoms with Gasteiger partial charge in [0, 0.05) is 23.0 Å². The molecule has 4 unspecified atom stereocenters. The number of aryl methyl sites for hydroxylation is 1. The molecule has 0 N–H and O–H groups in total. The van der Waals surface area contributed by atoms with Crippen molar-refractivity contribution in [3.05, 3.63) is 78.4 Å². The molecule has 4 nitrogen and oxygen atoms in total. The van der Waals surface area contributed by atoms with Gasteiger partial charge in [0.2, 0.25) is 0 Å². The van der Waals surface area contributed by atoms with Gasteiger partial charge in [-0.2, -0.15) is 12.8 Å². The van der Waals surface area contributed by atoms with E-state index in [1.807, 2.05) is 31.2 Å². The van der Waals surface area contributed by atoms with Crippen LogP contribution in [0.15, 0.2) is 76.5 Å². The highest BCUT2D eigenvalue weighted by molar-refractivity contribution is 7.90. The van der Waals surface area contributed by atoms with Gasteiger partial charge in [-0.25, -0.2) is 0 Å². The van der Waals surface area contributed by atoms with Gasteiger partial charge >= 0.3 is 0 Å². The van der Waals surface area contributed by atoms with E-state index >= 15 is 0 Å². The summed E-state index contributed by atoms with van der Waals surface area (Å²) in [6, 6.07) is 17.4. The van der Waals surface area contributed by atoms with Crippen molar-refractivity contribution in [2.45, 2.75) is 69.3 Å². The molecule has 2 bridgehead atoms. The number of nitrogens with zero attached hydrogens (tertiary/aromatic N) is 1. The molecule has 0 radical (unpaired) electrons. The Balaban J connectivity index is 1.76. The average molecular weight is 466 g/mol. The lowest BCUT2D eigenvalue weighted by molar-refractivity contribution is -0.120. The van der Waals surface area contributed by atoms with Gasteiger partial charge in [0.1, 0.15) is 0 Å². The van der Waals surface area contributed by atoms with Gasteiger partial charge < -0.3 is 4.74 Å². The van der Waals surface area contributed by atoms with Crippen molar-refractivity contribution < 1.29 is 13.2 Å². The van der Waals surface area contributed by atoms with Crippen LogP contribution in [0.25, 0.3) is 0 Å². The fourth-order valence-electron chi connectivity index (χ4n) is 5.77. The molecule has 5 heteroatoms. The van der Waals surface area contributed by atoms with Crippen LogP contribution in [-0.2, 0) is 14.8 Å². The summed E-state index contributed by atoms with van der Waals surface area (Å²) in [5.74, 6) is 0.160. The molecule has 176 valence electrons. The van der Waals surface area contributed by atoms with Crippen LogP contribution in [0.1, 0.15) is 62.5 Å². The molecule has 2 fully saturated rings. The summed E-state index contributed by atoms with van der Waals surface area (Å²) in [6.07, 6.45) is 8.03. The zero-order chi connectivity index (χ0) is 23.5. The lowest BCUT2D eigenvalue weighted by Gasteiger charge is -2.63. The predicted molar refractivity (Wildman–Crippen MR) is 134 cm³/mol. The fourth-order valence-corrected chi connectivity index (χ4v) is 6.92. The SMILES string of the molecule is C=CCC12/C(=N/S(=O)(=O)c3ccc(C)cc3)C(COC1CCCCCC)C2c1ccccc1. The van der Waals surface area contributed by atoms with E-state index in [9.17, 15) is 8.42 Å². The summed E-state index contributed by atoms with van der Waals surface area (Å²) in [5, 5.41) is 0. The third kappa shape index (κ3) is 4.45. The third-order valence-electron chi connectivity index (χ3n) is 7.33. The second kappa shape index (κ2) is 9.94. The number of allylic oxidation sites excluding steroid dienone is 1. The number of hydrogen-bond acceptors (Lipinski definition) is 3. The first kappa shape index (κ1) is 23.9. The smallest absolute Gasteiger partial charge is 0.282 e. The largest absolute Gasteiger partial charge is 0.377 e. The molecule has 4 rings (SSSR count). The lowest BCUT2D eigenvalue weighted by atomic mass is 9.45. The van der Waals surface area contributed by atoms with E-state index in [2.05, 4.69) is 42.2 Å². The number of hydrogen-bond donors (Lipinski definition) is 0. The van der Waals surface area contributed by atoms with Gasteiger partial charge in [0.15, 0.2) is 0 Å². The van der Waals surface area contributed by atoms with Crippen LogP contribution < -0.4 is 0 Å². The van der Waals surface area contributed by atoms with Crippen LogP contribution in [-0.4, -0.2) is 26.8 Å². The normalized spacial score (nSPS) is 27.8. The molecule has 1 saturated carbocycles. The molecule has 2 aromatic rings. The lowest BCUT2D eigenvalue weighted by Crippen LogP contribution is -2.68. The van der Waals surface area contributed by atoms with Crippen LogP contribution >= 0.6 is 0 Å². The predicted octanol–water partition coefficient (Wildman–Crippen LogP) is 6.47. The Morgan fingerprint density at radius 3 is 2.48 bits per heavy atom. The van der Waals surface area contributed by atoms with Crippen molar-refractivity contribution in [2.24, 2.45) is 15.7 Å². The monoisotopic (exact) mass is 465 g/mol. The van der Waals surface area contributed by atoms with Crippen molar-refractivity contribution in [1.82, 2.24) is 0 Å². The van der Waals surface area contributed by atoms with Crippen LogP contribution in [0.4, 0.5) is 0 Å². The minimum atomic E-state index is -3.80. The molecule has 0 aromatic heterocycles. The van der Waals surface area contributed by atoms with Gasteiger partial charge in [-0.1, -0.05) is 86.7 Å². The summed E-state index contributed by atoms with van der Waals surface area (Å²) in [4.78, 5) is 0.246. The standard InChI is InChI=1S/C28H35NO3S/c1-4-6-7-11-14-25-28(19-5-2)26(22-12-9-8-10-13-22)24(20-32-25)27(28)29-33(30,31)23-17-15-21(3)16-18-23/h5,8-10,12-13,15-18,24-26H,2,4,6-7,11,14,19-20H2,1,3H3/b29-27+. The molecule has 1 heterocycles. The van der Waals surface area contributed by atoms with Crippen LogP contribution in [0.3, 0.4) is 0 Å². The third-order valence-corrected chi connectivity index (χ3v) is 8.64. The zero-order valence-electron chi connectivity index (χ0n) is 19.7. The molecule has 0 amide bonds. The summed E-state index contributed by atoms with van der Waals surface area (Å²) in [7, 11) is -3.80. The maximum Gasteiger partial charge on any atom is 0.282 e. The summed E-state index contributed by atoms with van der Waals surface area (Å²) in [5.41, 5.74) is 2.58. The summed E-state index contributed by atoms with van der Waals surface area (Å²) < 4.78 is 37.5. The topological polar surface area (TPSA) is 55.7 Å². The second-order valence-electron chi connectivity index (χ2n) is 9.46. The highest BCUT2D eigenvalue weighted by Gasteiger charge is 2.66. The van der Waals surface area contributed by atoms with Crippen LogP contribution in [0.5, 0.6) is 0 Å². The zero-order valence-corrected chi connectivity index (χ0v) is 20.6. The number of ether oxygens (including phenoxy) is 1. The van der Waals surface area contributed by atoms with E-state index in [0.29, 0.717) is 13.0 Å². The van der Waals surface area contributed by atoms with E-state index in [1.54, 1.807) is 12.1 Å². The Morgan fingerprint density at radius 2 is 1.82 bits per heavy atom. The summed E-state index contributed by atoms with van der Waals surface area (Å²) >= 11 is 0. The Labute approximate surface area is 198 Å². The fraction of sp³-hybridized carbons (Fsp3) is 0.464. The van der Waals surface area contributed by atoms with E-state index in [4.69, 9.17) is 4.74 Å². The average Bonchev–Trinajstić information content (AvgIpc) is 2.81. The molecule has 1 saturated heterocycles. The number of sulfonamides is 1. The number of fused-ring (bicyclic) bond motifs is 2. The molecule has 2 aromatic carbocycles. The van der Waals surface area contributed by atoms with Crippen molar-refractivity contribution in [2.75, 3.05) is 6.61 Å². The maximum absolute atomic E-state index is 13.3. The highest BCUT2D eigenvalue weighted by Crippen LogP contribution is 2.63. The first-order valence-electron chi connectivity index (χ1n) is 12.1. The van der Waals surface area contributed by atoms with Gasteiger partial charge in [-0.3, -0.25) is 0 Å². The van der Waals surface area contributed by atoms with Gasteiger partial charge in [0.05, 0.1) is 17.6 Å². The van der Waals surface area contributed by atoms with Crippen LogP contribution in [0, 0.1) is 18.3 Å².